The van der Waals surface area contributed by atoms with Crippen molar-refractivity contribution in [3.8, 4) is 5.75 Å². The standard InChI is InChI=1S/C22H21NO2/c1-16-9-8-14-21(17(16)2)23-22(24)20-13-7-6-10-18(20)15-25-19-11-4-3-5-12-19/h3-14H,15H2,1-2H3,(H,23,24). The number of hydrogen-bond acceptors (Lipinski definition) is 2. The Morgan fingerprint density at radius 2 is 1.60 bits per heavy atom. The van der Waals surface area contributed by atoms with Crippen molar-refractivity contribution < 1.29 is 9.53 Å². The summed E-state index contributed by atoms with van der Waals surface area (Å²) >= 11 is 0. The molecule has 0 spiro atoms. The number of ether oxygens (including phenoxy) is 1. The first-order chi connectivity index (χ1) is 12.1. The lowest BCUT2D eigenvalue weighted by Gasteiger charge is -2.13. The number of aryl methyl sites for hydroxylation is 1. The molecule has 1 amide bonds. The maximum atomic E-state index is 12.7. The largest absolute Gasteiger partial charge is 0.489 e. The van der Waals surface area contributed by atoms with Crippen LogP contribution in [0.1, 0.15) is 27.0 Å². The molecule has 0 aliphatic carbocycles. The van der Waals surface area contributed by atoms with Gasteiger partial charge in [-0.2, -0.15) is 0 Å². The van der Waals surface area contributed by atoms with Gasteiger partial charge < -0.3 is 10.1 Å². The average Bonchev–Trinajstić information content (AvgIpc) is 2.65. The third kappa shape index (κ3) is 4.07. The molecule has 0 saturated heterocycles. The third-order valence-corrected chi connectivity index (χ3v) is 4.25. The molecule has 0 fully saturated rings. The van der Waals surface area contributed by atoms with Gasteiger partial charge in [0.2, 0.25) is 0 Å². The number of rotatable bonds is 5. The van der Waals surface area contributed by atoms with Crippen LogP contribution < -0.4 is 10.1 Å². The van der Waals surface area contributed by atoms with Crippen LogP contribution in [0.3, 0.4) is 0 Å². The Kier molecular flexibility index (Phi) is 5.14. The normalized spacial score (nSPS) is 10.3. The molecule has 3 aromatic rings. The van der Waals surface area contributed by atoms with Gasteiger partial charge in [0.1, 0.15) is 12.4 Å². The second-order valence-electron chi connectivity index (χ2n) is 5.96. The molecule has 0 unspecified atom stereocenters. The summed E-state index contributed by atoms with van der Waals surface area (Å²) in [5.41, 5.74) is 4.55. The highest BCUT2D eigenvalue weighted by Crippen LogP contribution is 2.20. The third-order valence-electron chi connectivity index (χ3n) is 4.25. The molecule has 0 aliphatic rings. The Hall–Kier alpha value is -3.07. The van der Waals surface area contributed by atoms with Crippen LogP contribution >= 0.6 is 0 Å². The lowest BCUT2D eigenvalue weighted by molar-refractivity contribution is 0.102. The Morgan fingerprint density at radius 3 is 2.40 bits per heavy atom. The van der Waals surface area contributed by atoms with E-state index >= 15 is 0 Å². The monoisotopic (exact) mass is 331 g/mol. The molecule has 25 heavy (non-hydrogen) atoms. The van der Waals surface area contributed by atoms with E-state index in [1.807, 2.05) is 86.6 Å². The van der Waals surface area contributed by atoms with Crippen molar-refractivity contribution in [3.63, 3.8) is 0 Å². The fourth-order valence-electron chi connectivity index (χ4n) is 2.62. The molecule has 1 N–H and O–H groups in total. The van der Waals surface area contributed by atoms with Gasteiger partial charge >= 0.3 is 0 Å². The number of para-hydroxylation sites is 1. The fourth-order valence-corrected chi connectivity index (χ4v) is 2.62. The van der Waals surface area contributed by atoms with Crippen LogP contribution in [0.15, 0.2) is 72.8 Å². The molecule has 3 aromatic carbocycles. The number of anilines is 1. The Labute approximate surface area is 148 Å². The van der Waals surface area contributed by atoms with Crippen LogP contribution in [-0.4, -0.2) is 5.91 Å². The zero-order chi connectivity index (χ0) is 17.6. The van der Waals surface area contributed by atoms with Gasteiger partial charge in [-0.3, -0.25) is 4.79 Å². The van der Waals surface area contributed by atoms with Crippen molar-refractivity contribution in [3.05, 3.63) is 95.1 Å². The van der Waals surface area contributed by atoms with E-state index in [2.05, 4.69) is 5.32 Å². The molecule has 3 nitrogen and oxygen atoms in total. The first kappa shape index (κ1) is 16.8. The van der Waals surface area contributed by atoms with Gasteiger partial charge in [0, 0.05) is 16.8 Å². The number of carbonyl (C=O) groups excluding carboxylic acids is 1. The van der Waals surface area contributed by atoms with E-state index in [-0.39, 0.29) is 5.91 Å². The predicted octanol–water partition coefficient (Wildman–Crippen LogP) is 5.13. The first-order valence-corrected chi connectivity index (χ1v) is 8.28. The van der Waals surface area contributed by atoms with Gasteiger partial charge in [0.05, 0.1) is 0 Å². The molecule has 126 valence electrons. The summed E-state index contributed by atoms with van der Waals surface area (Å²) in [6.45, 7) is 4.39. The maximum Gasteiger partial charge on any atom is 0.256 e. The van der Waals surface area contributed by atoms with E-state index in [1.165, 1.54) is 0 Å². The summed E-state index contributed by atoms with van der Waals surface area (Å²) in [4.78, 5) is 12.7. The van der Waals surface area contributed by atoms with Crippen LogP contribution in [0.5, 0.6) is 5.75 Å². The second kappa shape index (κ2) is 7.67. The van der Waals surface area contributed by atoms with Crippen LogP contribution in [0.2, 0.25) is 0 Å². The minimum atomic E-state index is -0.124. The Morgan fingerprint density at radius 1 is 0.880 bits per heavy atom. The molecule has 0 aromatic heterocycles. The van der Waals surface area contributed by atoms with Crippen molar-refractivity contribution in [2.24, 2.45) is 0 Å². The summed E-state index contributed by atoms with van der Waals surface area (Å²) in [6, 6.07) is 23.0. The van der Waals surface area contributed by atoms with E-state index in [9.17, 15) is 4.79 Å². The molecule has 0 radical (unpaired) electrons. The van der Waals surface area contributed by atoms with E-state index in [0.717, 1.165) is 28.1 Å². The van der Waals surface area contributed by atoms with Gasteiger partial charge in [0.25, 0.3) is 5.91 Å². The van der Waals surface area contributed by atoms with Crippen LogP contribution in [0.4, 0.5) is 5.69 Å². The minimum absolute atomic E-state index is 0.124. The molecule has 0 bridgehead atoms. The molecule has 0 atom stereocenters. The van der Waals surface area contributed by atoms with Crippen LogP contribution in [0.25, 0.3) is 0 Å². The summed E-state index contributed by atoms with van der Waals surface area (Å²) in [6.07, 6.45) is 0. The molecular formula is C22H21NO2. The maximum absolute atomic E-state index is 12.7. The Balaban J connectivity index is 1.78. The average molecular weight is 331 g/mol. The van der Waals surface area contributed by atoms with E-state index < -0.39 is 0 Å². The van der Waals surface area contributed by atoms with Crippen LogP contribution in [0, 0.1) is 13.8 Å². The molecular weight excluding hydrogens is 310 g/mol. The number of amides is 1. The predicted molar refractivity (Wildman–Crippen MR) is 101 cm³/mol. The number of hydrogen-bond donors (Lipinski definition) is 1. The van der Waals surface area contributed by atoms with Crippen molar-refractivity contribution >= 4 is 11.6 Å². The highest BCUT2D eigenvalue weighted by Gasteiger charge is 2.13. The highest BCUT2D eigenvalue weighted by atomic mass is 16.5. The van der Waals surface area contributed by atoms with Crippen molar-refractivity contribution in [1.82, 2.24) is 0 Å². The lowest BCUT2D eigenvalue weighted by atomic mass is 10.1. The van der Waals surface area contributed by atoms with Crippen molar-refractivity contribution in [1.29, 1.82) is 0 Å². The van der Waals surface area contributed by atoms with Crippen LogP contribution in [-0.2, 0) is 6.61 Å². The van der Waals surface area contributed by atoms with E-state index in [4.69, 9.17) is 4.74 Å². The molecule has 3 heteroatoms. The SMILES string of the molecule is Cc1cccc(NC(=O)c2ccccc2COc2ccccc2)c1C. The molecule has 3 rings (SSSR count). The van der Waals surface area contributed by atoms with Crippen molar-refractivity contribution in [2.45, 2.75) is 20.5 Å². The van der Waals surface area contributed by atoms with E-state index in [1.54, 1.807) is 0 Å². The minimum Gasteiger partial charge on any atom is -0.489 e. The molecule has 0 saturated carbocycles. The zero-order valence-electron chi connectivity index (χ0n) is 14.5. The topological polar surface area (TPSA) is 38.3 Å². The summed E-state index contributed by atoms with van der Waals surface area (Å²) in [5.74, 6) is 0.660. The number of carbonyl (C=O) groups is 1. The summed E-state index contributed by atoms with van der Waals surface area (Å²) in [5, 5.41) is 3.01. The van der Waals surface area contributed by atoms with Gasteiger partial charge in [-0.15, -0.1) is 0 Å². The Bertz CT molecular complexity index is 872. The van der Waals surface area contributed by atoms with Gasteiger partial charge in [-0.1, -0.05) is 48.5 Å². The number of nitrogens with one attached hydrogen (secondary N) is 1. The fraction of sp³-hybridized carbons (Fsp3) is 0.136. The smallest absolute Gasteiger partial charge is 0.256 e. The van der Waals surface area contributed by atoms with E-state index in [0.29, 0.717) is 12.2 Å². The number of benzene rings is 3. The van der Waals surface area contributed by atoms with Crippen molar-refractivity contribution in [2.75, 3.05) is 5.32 Å². The van der Waals surface area contributed by atoms with Gasteiger partial charge in [-0.05, 0) is 49.2 Å². The van der Waals surface area contributed by atoms with Gasteiger partial charge in [-0.25, -0.2) is 0 Å². The lowest BCUT2D eigenvalue weighted by Crippen LogP contribution is -2.16. The molecule has 0 aliphatic heterocycles. The summed E-state index contributed by atoms with van der Waals surface area (Å²) < 4.78 is 5.80. The molecule has 0 heterocycles. The summed E-state index contributed by atoms with van der Waals surface area (Å²) in [7, 11) is 0. The second-order valence-corrected chi connectivity index (χ2v) is 5.96. The quantitative estimate of drug-likeness (QED) is 0.703. The highest BCUT2D eigenvalue weighted by molar-refractivity contribution is 6.05. The van der Waals surface area contributed by atoms with Gasteiger partial charge in [0.15, 0.2) is 0 Å². The zero-order valence-corrected chi connectivity index (χ0v) is 14.5. The first-order valence-electron chi connectivity index (χ1n) is 8.28.